The molecule has 0 atom stereocenters. The van der Waals surface area contributed by atoms with E-state index in [1.807, 2.05) is 0 Å². The Kier molecular flexibility index (Phi) is 2.77. The second-order valence-electron chi connectivity index (χ2n) is 3.07. The van der Waals surface area contributed by atoms with Crippen LogP contribution in [0.4, 0.5) is 0 Å². The minimum atomic E-state index is -3.92. The Hall–Kier alpha value is -0.420. The average molecular weight is 210 g/mol. The number of hydrogen-bond donors (Lipinski definition) is 1. The maximum absolute atomic E-state index is 11.1. The van der Waals surface area contributed by atoms with E-state index in [9.17, 15) is 9.36 Å². The van der Waals surface area contributed by atoms with Crippen molar-refractivity contribution < 1.29 is 28.0 Å². The van der Waals surface area contributed by atoms with Gasteiger partial charge in [0.05, 0.1) is 20.3 Å². The molecule has 0 radical (unpaired) electrons. The largest absolute Gasteiger partial charge is 0.472 e. The molecule has 0 amide bonds. The van der Waals surface area contributed by atoms with Crippen molar-refractivity contribution in [2.24, 2.45) is 5.41 Å². The molecule has 1 fully saturated rings. The molecule has 0 aliphatic carbocycles. The SMILES string of the molecule is COC(=O)C1(C)COP(=O)(O)OC1. The number of esters is 1. The minimum absolute atomic E-state index is 0.173. The Bertz CT molecular complexity index is 250. The van der Waals surface area contributed by atoms with Crippen molar-refractivity contribution in [1.82, 2.24) is 0 Å². The van der Waals surface area contributed by atoms with E-state index in [0.717, 1.165) is 0 Å². The lowest BCUT2D eigenvalue weighted by molar-refractivity contribution is -0.159. The number of ether oxygens (including phenoxy) is 1. The quantitative estimate of drug-likeness (QED) is 0.495. The number of methoxy groups -OCH3 is 1. The van der Waals surface area contributed by atoms with Crippen molar-refractivity contribution in [2.45, 2.75) is 6.92 Å². The molecule has 0 saturated carbocycles. The van der Waals surface area contributed by atoms with Crippen LogP contribution in [0, 0.1) is 5.41 Å². The van der Waals surface area contributed by atoms with E-state index >= 15 is 0 Å². The van der Waals surface area contributed by atoms with Crippen LogP contribution in [0.1, 0.15) is 6.92 Å². The van der Waals surface area contributed by atoms with Gasteiger partial charge in [-0.2, -0.15) is 0 Å². The van der Waals surface area contributed by atoms with Crippen LogP contribution in [0.5, 0.6) is 0 Å². The van der Waals surface area contributed by atoms with Crippen LogP contribution in [0.25, 0.3) is 0 Å². The van der Waals surface area contributed by atoms with Gasteiger partial charge in [-0.25, -0.2) is 4.57 Å². The lowest BCUT2D eigenvalue weighted by Crippen LogP contribution is -2.40. The summed E-state index contributed by atoms with van der Waals surface area (Å²) in [5.41, 5.74) is -0.995. The van der Waals surface area contributed by atoms with Crippen molar-refractivity contribution in [3.05, 3.63) is 0 Å². The smallest absolute Gasteiger partial charge is 0.468 e. The molecule has 0 unspecified atom stereocenters. The van der Waals surface area contributed by atoms with E-state index in [-0.39, 0.29) is 13.2 Å². The van der Waals surface area contributed by atoms with Crippen molar-refractivity contribution in [2.75, 3.05) is 20.3 Å². The number of carbonyl (C=O) groups excluding carboxylic acids is 1. The van der Waals surface area contributed by atoms with Gasteiger partial charge in [0.2, 0.25) is 0 Å². The molecule has 0 aromatic rings. The van der Waals surface area contributed by atoms with Crippen LogP contribution in [-0.4, -0.2) is 31.2 Å². The summed E-state index contributed by atoms with van der Waals surface area (Å²) < 4.78 is 24.3. The lowest BCUT2D eigenvalue weighted by Gasteiger charge is -2.31. The highest BCUT2D eigenvalue weighted by molar-refractivity contribution is 7.47. The molecular formula is C6H11O6P. The van der Waals surface area contributed by atoms with Crippen molar-refractivity contribution >= 4 is 13.8 Å². The molecule has 0 spiro atoms. The highest BCUT2D eigenvalue weighted by Gasteiger charge is 2.44. The van der Waals surface area contributed by atoms with E-state index < -0.39 is 19.2 Å². The summed E-state index contributed by atoms with van der Waals surface area (Å²) in [6.07, 6.45) is 0. The highest BCUT2D eigenvalue weighted by atomic mass is 31.2. The molecular weight excluding hydrogens is 199 g/mol. The van der Waals surface area contributed by atoms with Gasteiger partial charge < -0.3 is 9.63 Å². The Morgan fingerprint density at radius 1 is 1.54 bits per heavy atom. The number of phosphoric acid groups is 1. The molecule has 1 aliphatic rings. The number of phosphoric ester groups is 1. The zero-order valence-electron chi connectivity index (χ0n) is 7.35. The molecule has 1 saturated heterocycles. The van der Waals surface area contributed by atoms with Crippen LogP contribution < -0.4 is 0 Å². The molecule has 1 rings (SSSR count). The van der Waals surface area contributed by atoms with Gasteiger partial charge in [-0.1, -0.05) is 0 Å². The number of carbonyl (C=O) groups is 1. The highest BCUT2D eigenvalue weighted by Crippen LogP contribution is 2.49. The maximum Gasteiger partial charge on any atom is 0.472 e. The predicted molar refractivity (Wildman–Crippen MR) is 41.9 cm³/mol. The third-order valence-corrected chi connectivity index (χ3v) is 2.68. The Morgan fingerprint density at radius 3 is 2.38 bits per heavy atom. The molecule has 13 heavy (non-hydrogen) atoms. The van der Waals surface area contributed by atoms with E-state index in [4.69, 9.17) is 4.89 Å². The fourth-order valence-corrected chi connectivity index (χ4v) is 1.86. The Labute approximate surface area is 75.4 Å². The second kappa shape index (κ2) is 3.38. The predicted octanol–water partition coefficient (Wildman–Crippen LogP) is 0.313. The van der Waals surface area contributed by atoms with E-state index in [1.165, 1.54) is 14.0 Å². The molecule has 7 heteroatoms. The Morgan fingerprint density at radius 2 is 2.00 bits per heavy atom. The average Bonchev–Trinajstić information content (AvgIpc) is 2.09. The summed E-state index contributed by atoms with van der Waals surface area (Å²) in [4.78, 5) is 20.0. The molecule has 1 N–H and O–H groups in total. The van der Waals surface area contributed by atoms with Crippen molar-refractivity contribution in [1.29, 1.82) is 0 Å². The minimum Gasteiger partial charge on any atom is -0.468 e. The summed E-state index contributed by atoms with van der Waals surface area (Å²) in [6.45, 7) is 1.19. The van der Waals surface area contributed by atoms with Gasteiger partial charge in [-0.05, 0) is 6.92 Å². The first-order chi connectivity index (χ1) is 5.90. The zero-order chi connectivity index (χ0) is 10.1. The van der Waals surface area contributed by atoms with Gasteiger partial charge in [-0.15, -0.1) is 0 Å². The zero-order valence-corrected chi connectivity index (χ0v) is 8.24. The summed E-state index contributed by atoms with van der Waals surface area (Å²) in [5, 5.41) is 0. The first-order valence-corrected chi connectivity index (χ1v) is 5.09. The molecule has 0 aromatic heterocycles. The topological polar surface area (TPSA) is 82.1 Å². The fraction of sp³-hybridized carbons (Fsp3) is 0.833. The van der Waals surface area contributed by atoms with Crippen molar-refractivity contribution in [3.63, 3.8) is 0 Å². The maximum atomic E-state index is 11.1. The molecule has 1 heterocycles. The summed E-state index contributed by atoms with van der Waals surface area (Å²) >= 11 is 0. The molecule has 0 aromatic carbocycles. The van der Waals surface area contributed by atoms with Gasteiger partial charge in [-0.3, -0.25) is 13.8 Å². The van der Waals surface area contributed by atoms with Crippen LogP contribution in [0.15, 0.2) is 0 Å². The third-order valence-electron chi connectivity index (χ3n) is 1.77. The first-order valence-electron chi connectivity index (χ1n) is 3.60. The van der Waals surface area contributed by atoms with Gasteiger partial charge in [0.1, 0.15) is 5.41 Å². The molecule has 0 bridgehead atoms. The standard InChI is InChI=1S/C6H11O6P/c1-6(5(7)10-2)3-11-13(8,9)12-4-6/h3-4H2,1-2H3,(H,8,9). The molecule has 76 valence electrons. The Balaban J connectivity index is 2.67. The van der Waals surface area contributed by atoms with Crippen LogP contribution in [0.3, 0.4) is 0 Å². The first kappa shape index (κ1) is 10.7. The normalized spacial score (nSPS) is 39.9. The van der Waals surface area contributed by atoms with Crippen molar-refractivity contribution in [3.8, 4) is 0 Å². The number of rotatable bonds is 1. The van der Waals surface area contributed by atoms with Crippen LogP contribution >= 0.6 is 7.82 Å². The number of hydrogen-bond acceptors (Lipinski definition) is 5. The van der Waals surface area contributed by atoms with Gasteiger partial charge in [0, 0.05) is 0 Å². The van der Waals surface area contributed by atoms with E-state index in [1.54, 1.807) is 0 Å². The van der Waals surface area contributed by atoms with Gasteiger partial charge in [0.25, 0.3) is 0 Å². The van der Waals surface area contributed by atoms with E-state index in [0.29, 0.717) is 0 Å². The van der Waals surface area contributed by atoms with E-state index in [2.05, 4.69) is 13.8 Å². The van der Waals surface area contributed by atoms with Gasteiger partial charge >= 0.3 is 13.8 Å². The fourth-order valence-electron chi connectivity index (χ4n) is 0.891. The van der Waals surface area contributed by atoms with Crippen LogP contribution in [-0.2, 0) is 23.1 Å². The monoisotopic (exact) mass is 210 g/mol. The summed E-state index contributed by atoms with van der Waals surface area (Å²) in [5.74, 6) is -0.521. The molecule has 1 aliphatic heterocycles. The summed E-state index contributed by atoms with van der Waals surface area (Å²) in [7, 11) is -2.69. The van der Waals surface area contributed by atoms with Gasteiger partial charge in [0.15, 0.2) is 0 Å². The second-order valence-corrected chi connectivity index (χ2v) is 4.52. The third kappa shape index (κ3) is 2.28. The molecule has 6 nitrogen and oxygen atoms in total. The summed E-state index contributed by atoms with van der Waals surface area (Å²) in [6, 6.07) is 0. The lowest BCUT2D eigenvalue weighted by atomic mass is 9.93. The van der Waals surface area contributed by atoms with Crippen LogP contribution in [0.2, 0.25) is 0 Å².